The van der Waals surface area contributed by atoms with Crippen LogP contribution in [0.15, 0.2) is 58.7 Å². The lowest BCUT2D eigenvalue weighted by Gasteiger charge is -2.28. The highest BCUT2D eigenvalue weighted by atomic mass is 32.1. The number of thiazole rings is 1. The largest absolute Gasteiger partial charge is 0.459 e. The van der Waals surface area contributed by atoms with E-state index in [9.17, 15) is 28.8 Å². The minimum atomic E-state index is -1.07. The average molecular weight is 733 g/mol. The Bertz CT molecular complexity index is 1920. The lowest BCUT2D eigenvalue weighted by Crippen LogP contribution is -2.53. The lowest BCUT2D eigenvalue weighted by atomic mass is 10.0. The van der Waals surface area contributed by atoms with E-state index in [0.29, 0.717) is 11.4 Å². The fourth-order valence-electron chi connectivity index (χ4n) is 6.04. The summed E-state index contributed by atoms with van der Waals surface area (Å²) in [7, 11) is 2.98. The van der Waals surface area contributed by atoms with Crippen molar-refractivity contribution >= 4 is 57.7 Å². The number of rotatable bonds is 5. The molecule has 1 aromatic carbocycles. The number of carbonyl (C=O) groups excluding carboxylic acids is 6. The molecule has 0 aliphatic carbocycles. The van der Waals surface area contributed by atoms with Crippen LogP contribution in [0.1, 0.15) is 64.8 Å². The number of H-pyrrole nitrogens is 1. The third-order valence-electron chi connectivity index (χ3n) is 8.74. The Balaban J connectivity index is 1.46. The molecule has 16 heteroatoms. The van der Waals surface area contributed by atoms with Crippen LogP contribution < -0.4 is 16.0 Å². The Morgan fingerprint density at radius 3 is 2.40 bits per heavy atom. The van der Waals surface area contributed by atoms with Crippen LogP contribution in [-0.2, 0) is 25.6 Å². The summed E-state index contributed by atoms with van der Waals surface area (Å²) in [5, 5.41) is 11.4. The predicted molar refractivity (Wildman–Crippen MR) is 193 cm³/mol. The molecule has 1 aliphatic heterocycles. The summed E-state index contributed by atoms with van der Waals surface area (Å²) in [6.07, 6.45) is 3.75. The second-order valence-electron chi connectivity index (χ2n) is 13.4. The fraction of sp³-hybridized carbons (Fsp3) is 0.417. The van der Waals surface area contributed by atoms with Crippen LogP contribution in [0.2, 0.25) is 0 Å². The molecule has 0 fully saturated rings. The van der Waals surface area contributed by atoms with Crippen LogP contribution >= 0.6 is 11.3 Å². The van der Waals surface area contributed by atoms with Gasteiger partial charge in [-0.25, -0.2) is 4.98 Å². The number of amides is 6. The summed E-state index contributed by atoms with van der Waals surface area (Å²) in [4.78, 5) is 92.5. The number of likely N-dealkylation sites (N-methyl/N-ethyl adjacent to an activating group) is 2. The van der Waals surface area contributed by atoms with Crippen molar-refractivity contribution in [2.75, 3.05) is 40.3 Å². The molecule has 0 unspecified atom stereocenters. The summed E-state index contributed by atoms with van der Waals surface area (Å²) in [6, 6.07) is 8.02. The van der Waals surface area contributed by atoms with Gasteiger partial charge in [-0.2, -0.15) is 0 Å². The van der Waals surface area contributed by atoms with Gasteiger partial charge in [0.1, 0.15) is 29.3 Å². The molecule has 52 heavy (non-hydrogen) atoms. The minimum absolute atomic E-state index is 0.0126. The van der Waals surface area contributed by atoms with E-state index < -0.39 is 53.6 Å². The van der Waals surface area contributed by atoms with Crippen LogP contribution in [0.4, 0.5) is 0 Å². The van der Waals surface area contributed by atoms with Gasteiger partial charge in [-0.3, -0.25) is 28.8 Å². The summed E-state index contributed by atoms with van der Waals surface area (Å²) < 4.78 is 5.31. The molecule has 2 bridgehead atoms. The molecule has 0 saturated heterocycles. The predicted octanol–water partition coefficient (Wildman–Crippen LogP) is 2.34. The molecule has 0 spiro atoms. The molecule has 3 aromatic heterocycles. The molecule has 1 aliphatic rings. The first-order valence-electron chi connectivity index (χ1n) is 17.0. The monoisotopic (exact) mass is 732 g/mol. The molecular weight excluding hydrogens is 689 g/mol. The third kappa shape index (κ3) is 9.23. The van der Waals surface area contributed by atoms with Gasteiger partial charge in [0, 0.05) is 56.1 Å². The topological polar surface area (TPSA) is 190 Å². The smallest absolute Gasteiger partial charge is 0.290 e. The zero-order chi connectivity index (χ0) is 37.5. The van der Waals surface area contributed by atoms with Gasteiger partial charge in [-0.1, -0.05) is 32.0 Å². The van der Waals surface area contributed by atoms with Crippen LogP contribution in [0.3, 0.4) is 0 Å². The quantitative estimate of drug-likeness (QED) is 0.241. The van der Waals surface area contributed by atoms with E-state index in [1.54, 1.807) is 17.6 Å². The Morgan fingerprint density at radius 2 is 1.67 bits per heavy atom. The van der Waals surface area contributed by atoms with Crippen molar-refractivity contribution in [3.8, 4) is 0 Å². The maximum absolute atomic E-state index is 13.9. The van der Waals surface area contributed by atoms with Gasteiger partial charge >= 0.3 is 0 Å². The standard InChI is InChI=1S/C36H44N8O7S/c1-21(2)15-26-33-41-28(20-52-33)32(47)40-27(16-23-17-37-25-10-7-6-9-24(23)25)35(49)43(5)18-30(45)38-22(3)34(48)42(4)12-13-44(19-31(46)39-26)36(50)29-11-8-14-51-29/h6-11,14,17,20-22,26-27,37H,12-13,15-16,18-19H2,1-5H3,(H,38,45)(H,39,46)(H,40,47)/t22-,26-,27+/m0/s1. The van der Waals surface area contributed by atoms with Gasteiger partial charge in [0.05, 0.1) is 18.8 Å². The first-order valence-corrected chi connectivity index (χ1v) is 17.9. The Labute approximate surface area is 305 Å². The van der Waals surface area contributed by atoms with E-state index in [4.69, 9.17) is 4.42 Å². The Hall–Kier alpha value is -5.51. The molecule has 0 saturated carbocycles. The van der Waals surface area contributed by atoms with Crippen LogP contribution in [0.5, 0.6) is 0 Å². The van der Waals surface area contributed by atoms with E-state index in [-0.39, 0.29) is 50.0 Å². The molecule has 3 atom stereocenters. The zero-order valence-electron chi connectivity index (χ0n) is 29.8. The van der Waals surface area contributed by atoms with Crippen molar-refractivity contribution in [2.24, 2.45) is 5.92 Å². The van der Waals surface area contributed by atoms with E-state index in [2.05, 4.69) is 25.9 Å². The number of hydrogen-bond acceptors (Lipinski definition) is 9. The summed E-state index contributed by atoms with van der Waals surface area (Å²) in [6.45, 7) is 4.81. The number of fused-ring (bicyclic) bond motifs is 3. The highest BCUT2D eigenvalue weighted by Gasteiger charge is 2.31. The van der Waals surface area contributed by atoms with Crippen molar-refractivity contribution < 1.29 is 33.2 Å². The van der Waals surface area contributed by atoms with Crippen LogP contribution in [0, 0.1) is 5.92 Å². The molecule has 5 rings (SSSR count). The number of aromatic amines is 1. The van der Waals surface area contributed by atoms with Crippen LogP contribution in [-0.4, -0.2) is 112 Å². The van der Waals surface area contributed by atoms with Crippen molar-refractivity contribution in [1.29, 1.82) is 0 Å². The lowest BCUT2D eigenvalue weighted by molar-refractivity contribution is -0.138. The van der Waals surface area contributed by atoms with E-state index in [1.807, 2.05) is 38.1 Å². The molecule has 4 heterocycles. The van der Waals surface area contributed by atoms with Crippen LogP contribution in [0.25, 0.3) is 10.9 Å². The van der Waals surface area contributed by atoms with Crippen molar-refractivity contribution in [3.05, 3.63) is 76.3 Å². The zero-order valence-corrected chi connectivity index (χ0v) is 30.6. The van der Waals surface area contributed by atoms with Gasteiger partial charge in [0.25, 0.3) is 11.8 Å². The van der Waals surface area contributed by atoms with E-state index in [1.165, 1.54) is 59.4 Å². The van der Waals surface area contributed by atoms with E-state index in [0.717, 1.165) is 16.5 Å². The summed E-state index contributed by atoms with van der Waals surface area (Å²) in [5.41, 5.74) is 1.72. The molecule has 0 radical (unpaired) electrons. The average Bonchev–Trinajstić information content (AvgIpc) is 3.90. The summed E-state index contributed by atoms with van der Waals surface area (Å²) in [5.74, 6) is -2.99. The molecule has 6 amide bonds. The minimum Gasteiger partial charge on any atom is -0.459 e. The van der Waals surface area contributed by atoms with Gasteiger partial charge in [-0.05, 0) is 43.0 Å². The molecule has 15 nitrogen and oxygen atoms in total. The van der Waals surface area contributed by atoms with Gasteiger partial charge in [-0.15, -0.1) is 11.3 Å². The first-order chi connectivity index (χ1) is 24.8. The highest BCUT2D eigenvalue weighted by Crippen LogP contribution is 2.25. The number of benzene rings is 1. The number of nitrogens with zero attached hydrogens (tertiary/aromatic N) is 4. The van der Waals surface area contributed by atoms with Gasteiger partial charge < -0.3 is 40.1 Å². The first kappa shape index (κ1) is 37.7. The molecule has 276 valence electrons. The second kappa shape index (κ2) is 16.7. The third-order valence-corrected chi connectivity index (χ3v) is 9.70. The SMILES string of the molecule is CC(C)C[C@@H]1NC(=O)CN(C(=O)c2ccco2)CCN(C)C(=O)[C@H](C)NC(=O)CN(C)C(=O)[C@@H](Cc2c[nH]c3ccccc23)NC(=O)c2csc1n2. The fourth-order valence-corrected chi connectivity index (χ4v) is 6.90. The van der Waals surface area contributed by atoms with Crippen molar-refractivity contribution in [3.63, 3.8) is 0 Å². The number of nitrogens with one attached hydrogen (secondary N) is 4. The van der Waals surface area contributed by atoms with Crippen molar-refractivity contribution in [1.82, 2.24) is 40.6 Å². The number of hydrogen-bond donors (Lipinski definition) is 4. The van der Waals surface area contributed by atoms with Gasteiger partial charge in [0.2, 0.25) is 23.6 Å². The Morgan fingerprint density at radius 1 is 0.923 bits per heavy atom. The molecule has 4 N–H and O–H groups in total. The molecule has 4 aromatic rings. The number of carbonyl (C=O) groups is 6. The maximum atomic E-state index is 13.9. The number of furan rings is 1. The highest BCUT2D eigenvalue weighted by molar-refractivity contribution is 7.09. The van der Waals surface area contributed by atoms with Gasteiger partial charge in [0.15, 0.2) is 5.76 Å². The Kier molecular flexibility index (Phi) is 12.1. The van der Waals surface area contributed by atoms with E-state index >= 15 is 0 Å². The summed E-state index contributed by atoms with van der Waals surface area (Å²) >= 11 is 1.20. The van der Waals surface area contributed by atoms with Crippen molar-refractivity contribution in [2.45, 2.75) is 51.7 Å². The normalized spacial score (nSPS) is 20.5. The number of aromatic nitrogens is 2. The second-order valence-corrected chi connectivity index (χ2v) is 14.2. The molecular formula is C36H44N8O7S. The maximum Gasteiger partial charge on any atom is 0.290 e. The number of para-hydroxylation sites is 1.